The lowest BCUT2D eigenvalue weighted by atomic mass is 9.78. The van der Waals surface area contributed by atoms with Crippen LogP contribution in [0.4, 0.5) is 18.0 Å². The number of hydrogen-bond donors (Lipinski definition) is 0. The van der Waals surface area contributed by atoms with E-state index in [1.165, 1.54) is 12.1 Å². The van der Waals surface area contributed by atoms with Crippen molar-refractivity contribution < 1.29 is 22.7 Å². The van der Waals surface area contributed by atoms with Crippen molar-refractivity contribution in [2.75, 3.05) is 26.2 Å². The summed E-state index contributed by atoms with van der Waals surface area (Å²) >= 11 is 0. The number of halogens is 3. The monoisotopic (exact) mass is 454 g/mol. The zero-order valence-electron chi connectivity index (χ0n) is 20.0. The van der Waals surface area contributed by atoms with E-state index in [1.54, 1.807) is 12.1 Å². The van der Waals surface area contributed by atoms with Crippen LogP contribution in [-0.2, 0) is 10.9 Å². The maximum absolute atomic E-state index is 12.8. The lowest BCUT2D eigenvalue weighted by molar-refractivity contribution is -0.137. The molecule has 0 aliphatic carbocycles. The van der Waals surface area contributed by atoms with E-state index in [4.69, 9.17) is 4.74 Å². The Labute approximate surface area is 190 Å². The lowest BCUT2D eigenvalue weighted by Crippen LogP contribution is -2.57. The molecule has 1 amide bonds. The Hall–Kier alpha value is -1.76. The molecule has 180 valence electrons. The fourth-order valence-electron chi connectivity index (χ4n) is 5.00. The standard InChI is InChI=1S/C25H37F3N2O2/c1-18(19-6-8-21(9-7-19)25(26,27)28)20-10-14-30(15-11-20)24(5)12-16-29(17-13-24)22(31)32-23(2,3)4/h6-9,18,20H,10-17H2,1-5H3. The van der Waals surface area contributed by atoms with Crippen LogP contribution in [0, 0.1) is 5.92 Å². The summed E-state index contributed by atoms with van der Waals surface area (Å²) in [7, 11) is 0. The second-order valence-electron chi connectivity index (χ2n) is 10.7. The molecule has 2 saturated heterocycles. The second kappa shape index (κ2) is 9.24. The minimum absolute atomic E-state index is 0.0705. The average molecular weight is 455 g/mol. The van der Waals surface area contributed by atoms with Gasteiger partial charge in [0.2, 0.25) is 0 Å². The summed E-state index contributed by atoms with van der Waals surface area (Å²) < 4.78 is 44.0. The number of hydrogen-bond acceptors (Lipinski definition) is 3. The van der Waals surface area contributed by atoms with Gasteiger partial charge in [0.1, 0.15) is 5.60 Å². The van der Waals surface area contributed by atoms with E-state index in [9.17, 15) is 18.0 Å². The molecule has 0 spiro atoms. The van der Waals surface area contributed by atoms with Crippen molar-refractivity contribution in [2.24, 2.45) is 5.92 Å². The van der Waals surface area contributed by atoms with Gasteiger partial charge in [0.25, 0.3) is 0 Å². The second-order valence-corrected chi connectivity index (χ2v) is 10.7. The first-order chi connectivity index (χ1) is 14.8. The van der Waals surface area contributed by atoms with Gasteiger partial charge >= 0.3 is 12.3 Å². The molecular formula is C25H37F3N2O2. The van der Waals surface area contributed by atoms with Crippen molar-refractivity contribution in [1.29, 1.82) is 0 Å². The number of benzene rings is 1. The van der Waals surface area contributed by atoms with Crippen LogP contribution in [0.2, 0.25) is 0 Å². The summed E-state index contributed by atoms with van der Waals surface area (Å²) in [6, 6.07) is 5.65. The van der Waals surface area contributed by atoms with Gasteiger partial charge in [-0.25, -0.2) is 4.79 Å². The molecule has 0 N–H and O–H groups in total. The van der Waals surface area contributed by atoms with Crippen LogP contribution in [0.5, 0.6) is 0 Å². The van der Waals surface area contributed by atoms with E-state index in [-0.39, 0.29) is 17.6 Å². The van der Waals surface area contributed by atoms with E-state index in [0.717, 1.165) is 44.3 Å². The number of likely N-dealkylation sites (tertiary alicyclic amines) is 2. The maximum atomic E-state index is 12.8. The highest BCUT2D eigenvalue weighted by Crippen LogP contribution is 2.38. The van der Waals surface area contributed by atoms with Crippen LogP contribution in [-0.4, -0.2) is 53.2 Å². The molecule has 0 aromatic heterocycles. The van der Waals surface area contributed by atoms with Gasteiger partial charge in [-0.15, -0.1) is 0 Å². The predicted molar refractivity (Wildman–Crippen MR) is 120 cm³/mol. The number of ether oxygens (including phenoxy) is 1. The van der Waals surface area contributed by atoms with Crippen LogP contribution >= 0.6 is 0 Å². The van der Waals surface area contributed by atoms with Gasteiger partial charge in [-0.2, -0.15) is 13.2 Å². The summed E-state index contributed by atoms with van der Waals surface area (Å²) in [5, 5.41) is 0. The Morgan fingerprint density at radius 3 is 2.03 bits per heavy atom. The van der Waals surface area contributed by atoms with Crippen LogP contribution < -0.4 is 0 Å². The number of piperidine rings is 2. The molecule has 1 unspecified atom stereocenters. The molecule has 7 heteroatoms. The number of amides is 1. The molecule has 2 aliphatic heterocycles. The van der Waals surface area contributed by atoms with Gasteiger partial charge in [-0.05, 0) is 96.0 Å². The minimum atomic E-state index is -4.29. The third-order valence-corrected chi connectivity index (χ3v) is 7.27. The molecule has 4 nitrogen and oxygen atoms in total. The quantitative estimate of drug-likeness (QED) is 0.536. The predicted octanol–water partition coefficient (Wildman–Crippen LogP) is 6.31. The number of carbonyl (C=O) groups excluding carboxylic acids is 1. The van der Waals surface area contributed by atoms with E-state index < -0.39 is 17.3 Å². The Bertz CT molecular complexity index is 770. The van der Waals surface area contributed by atoms with Gasteiger partial charge in [-0.3, -0.25) is 4.90 Å². The molecule has 2 heterocycles. The van der Waals surface area contributed by atoms with Crippen LogP contribution in [0.15, 0.2) is 24.3 Å². The highest BCUT2D eigenvalue weighted by molar-refractivity contribution is 5.68. The van der Waals surface area contributed by atoms with Gasteiger partial charge in [0.15, 0.2) is 0 Å². The molecule has 32 heavy (non-hydrogen) atoms. The summed E-state index contributed by atoms with van der Waals surface area (Å²) in [4.78, 5) is 16.7. The largest absolute Gasteiger partial charge is 0.444 e. The molecule has 1 atom stereocenters. The normalized spacial score (nSPS) is 21.9. The van der Waals surface area contributed by atoms with Crippen molar-refractivity contribution in [1.82, 2.24) is 9.80 Å². The van der Waals surface area contributed by atoms with E-state index in [2.05, 4.69) is 18.7 Å². The third-order valence-electron chi connectivity index (χ3n) is 7.27. The molecule has 0 radical (unpaired) electrons. The zero-order valence-corrected chi connectivity index (χ0v) is 20.0. The number of rotatable bonds is 3. The molecular weight excluding hydrogens is 417 g/mol. The van der Waals surface area contributed by atoms with E-state index in [1.807, 2.05) is 25.7 Å². The molecule has 0 bridgehead atoms. The van der Waals surface area contributed by atoms with Gasteiger partial charge in [0.05, 0.1) is 5.56 Å². The molecule has 1 aromatic carbocycles. The third kappa shape index (κ3) is 5.97. The van der Waals surface area contributed by atoms with Gasteiger partial charge in [0, 0.05) is 18.6 Å². The Kier molecular flexibility index (Phi) is 7.18. The van der Waals surface area contributed by atoms with Crippen LogP contribution in [0.25, 0.3) is 0 Å². The first-order valence-corrected chi connectivity index (χ1v) is 11.7. The van der Waals surface area contributed by atoms with E-state index >= 15 is 0 Å². The average Bonchev–Trinajstić information content (AvgIpc) is 2.72. The van der Waals surface area contributed by atoms with Crippen LogP contribution in [0.1, 0.15) is 77.3 Å². The highest BCUT2D eigenvalue weighted by Gasteiger charge is 2.40. The number of carbonyl (C=O) groups is 1. The molecule has 0 saturated carbocycles. The first kappa shape index (κ1) is 24.9. The Morgan fingerprint density at radius 2 is 1.56 bits per heavy atom. The van der Waals surface area contributed by atoms with Crippen molar-refractivity contribution in [3.63, 3.8) is 0 Å². The molecule has 1 aromatic rings. The van der Waals surface area contributed by atoms with Crippen molar-refractivity contribution in [3.8, 4) is 0 Å². The summed E-state index contributed by atoms with van der Waals surface area (Å²) in [5.41, 5.74) is -0.0212. The van der Waals surface area contributed by atoms with Crippen molar-refractivity contribution in [3.05, 3.63) is 35.4 Å². The van der Waals surface area contributed by atoms with Crippen molar-refractivity contribution >= 4 is 6.09 Å². The first-order valence-electron chi connectivity index (χ1n) is 11.7. The minimum Gasteiger partial charge on any atom is -0.444 e. The fourth-order valence-corrected chi connectivity index (χ4v) is 5.00. The molecule has 2 fully saturated rings. The Morgan fingerprint density at radius 1 is 1.03 bits per heavy atom. The summed E-state index contributed by atoms with van der Waals surface area (Å²) in [6.07, 6.45) is -0.608. The highest BCUT2D eigenvalue weighted by atomic mass is 19.4. The number of nitrogens with zero attached hydrogens (tertiary/aromatic N) is 2. The maximum Gasteiger partial charge on any atom is 0.416 e. The topological polar surface area (TPSA) is 32.8 Å². The van der Waals surface area contributed by atoms with Gasteiger partial charge in [-0.1, -0.05) is 19.1 Å². The lowest BCUT2D eigenvalue weighted by Gasteiger charge is -2.49. The number of alkyl halides is 3. The van der Waals surface area contributed by atoms with Gasteiger partial charge < -0.3 is 9.64 Å². The SMILES string of the molecule is CC(c1ccc(C(F)(F)F)cc1)C1CCN(C2(C)CCN(C(=O)OC(C)(C)C)CC2)CC1. The zero-order chi connectivity index (χ0) is 23.7. The Balaban J connectivity index is 1.51. The molecule has 3 rings (SSSR count). The van der Waals surface area contributed by atoms with Crippen LogP contribution in [0.3, 0.4) is 0 Å². The van der Waals surface area contributed by atoms with Crippen molar-refractivity contribution in [2.45, 2.75) is 83.5 Å². The smallest absolute Gasteiger partial charge is 0.416 e. The fraction of sp³-hybridized carbons (Fsp3) is 0.720. The van der Waals surface area contributed by atoms with E-state index in [0.29, 0.717) is 19.0 Å². The summed E-state index contributed by atoms with van der Waals surface area (Å²) in [5.74, 6) is 0.703. The molecule has 2 aliphatic rings. The summed E-state index contributed by atoms with van der Waals surface area (Å²) in [6.45, 7) is 13.4.